The summed E-state index contributed by atoms with van der Waals surface area (Å²) < 4.78 is 3.16. The predicted octanol–water partition coefficient (Wildman–Crippen LogP) is 3.08. The van der Waals surface area contributed by atoms with Crippen LogP contribution in [0, 0.1) is 12.3 Å². The SMILES string of the molecule is C#CCCn1nc(CCC=C)n(Cc2ccc(-c3ccccc3-c3nn[nH]n3)cc2)c1=O. The summed E-state index contributed by atoms with van der Waals surface area (Å²) >= 11 is 0. The Kier molecular flexibility index (Phi) is 6.37. The van der Waals surface area contributed by atoms with Crippen molar-refractivity contribution in [1.82, 2.24) is 35.0 Å². The van der Waals surface area contributed by atoms with E-state index in [1.54, 1.807) is 4.57 Å². The average Bonchev–Trinajstić information content (AvgIpc) is 3.46. The minimum absolute atomic E-state index is 0.147. The Hall–Kier alpha value is -4.25. The van der Waals surface area contributed by atoms with Gasteiger partial charge in [-0.05, 0) is 28.3 Å². The summed E-state index contributed by atoms with van der Waals surface area (Å²) in [5, 5.41) is 18.8. The van der Waals surface area contributed by atoms with Gasteiger partial charge in [0.15, 0.2) is 0 Å². The molecule has 2 aromatic heterocycles. The Morgan fingerprint density at radius 3 is 2.59 bits per heavy atom. The molecular weight excluding hydrogens is 402 g/mol. The van der Waals surface area contributed by atoms with Crippen molar-refractivity contribution in [3.05, 3.63) is 83.1 Å². The smallest absolute Gasteiger partial charge is 0.274 e. The molecule has 32 heavy (non-hydrogen) atoms. The molecule has 0 aliphatic carbocycles. The first-order chi connectivity index (χ1) is 15.7. The van der Waals surface area contributed by atoms with Crippen molar-refractivity contribution >= 4 is 0 Å². The van der Waals surface area contributed by atoms with Gasteiger partial charge in [0, 0.05) is 18.4 Å². The van der Waals surface area contributed by atoms with Gasteiger partial charge in [0.2, 0.25) is 5.82 Å². The maximum absolute atomic E-state index is 12.9. The minimum Gasteiger partial charge on any atom is -0.274 e. The summed E-state index contributed by atoms with van der Waals surface area (Å²) in [6, 6.07) is 16.0. The minimum atomic E-state index is -0.147. The third-order valence-corrected chi connectivity index (χ3v) is 5.16. The fourth-order valence-corrected chi connectivity index (χ4v) is 3.55. The third kappa shape index (κ3) is 4.42. The molecule has 8 nitrogen and oxygen atoms in total. The van der Waals surface area contributed by atoms with Crippen LogP contribution in [-0.4, -0.2) is 35.0 Å². The normalized spacial score (nSPS) is 10.7. The Morgan fingerprint density at radius 2 is 1.91 bits per heavy atom. The number of tetrazole rings is 1. The number of nitrogens with one attached hydrogen (secondary N) is 1. The Morgan fingerprint density at radius 1 is 1.12 bits per heavy atom. The van der Waals surface area contributed by atoms with Gasteiger partial charge in [0.05, 0.1) is 13.1 Å². The van der Waals surface area contributed by atoms with Gasteiger partial charge >= 0.3 is 5.69 Å². The highest BCUT2D eigenvalue weighted by Crippen LogP contribution is 2.29. The summed E-state index contributed by atoms with van der Waals surface area (Å²) in [4.78, 5) is 12.9. The number of rotatable bonds is 9. The van der Waals surface area contributed by atoms with Crippen LogP contribution in [0.15, 0.2) is 66.0 Å². The van der Waals surface area contributed by atoms with Crippen molar-refractivity contribution in [2.24, 2.45) is 0 Å². The lowest BCUT2D eigenvalue weighted by Gasteiger charge is -2.09. The Bertz CT molecular complexity index is 1290. The van der Waals surface area contributed by atoms with E-state index >= 15 is 0 Å². The van der Waals surface area contributed by atoms with E-state index in [-0.39, 0.29) is 5.69 Å². The van der Waals surface area contributed by atoms with Gasteiger partial charge in [-0.25, -0.2) is 9.48 Å². The van der Waals surface area contributed by atoms with Crippen LogP contribution in [0.25, 0.3) is 22.5 Å². The van der Waals surface area contributed by atoms with Crippen molar-refractivity contribution in [3.8, 4) is 34.9 Å². The summed E-state index contributed by atoms with van der Waals surface area (Å²) in [6.45, 7) is 4.62. The molecule has 8 heteroatoms. The highest BCUT2D eigenvalue weighted by molar-refractivity contribution is 5.80. The highest BCUT2D eigenvalue weighted by Gasteiger charge is 2.14. The first kappa shape index (κ1) is 21.0. The van der Waals surface area contributed by atoms with Crippen LogP contribution in [0.4, 0.5) is 0 Å². The number of terminal acetylenes is 1. The van der Waals surface area contributed by atoms with Crippen LogP contribution in [0.5, 0.6) is 0 Å². The van der Waals surface area contributed by atoms with Crippen LogP contribution in [0.3, 0.4) is 0 Å². The maximum atomic E-state index is 12.9. The zero-order valence-electron chi connectivity index (χ0n) is 17.6. The molecule has 0 fully saturated rings. The molecule has 0 aliphatic rings. The first-order valence-corrected chi connectivity index (χ1v) is 10.3. The van der Waals surface area contributed by atoms with E-state index in [1.807, 2.05) is 54.6 Å². The quantitative estimate of drug-likeness (QED) is 0.329. The summed E-state index contributed by atoms with van der Waals surface area (Å²) in [7, 11) is 0. The van der Waals surface area contributed by atoms with Crippen LogP contribution in [0.2, 0.25) is 0 Å². The number of allylic oxidation sites excluding steroid dienone is 1. The van der Waals surface area contributed by atoms with Crippen LogP contribution < -0.4 is 5.69 Å². The molecule has 0 bridgehead atoms. The molecule has 1 N–H and O–H groups in total. The van der Waals surface area contributed by atoms with Crippen LogP contribution in [-0.2, 0) is 19.5 Å². The summed E-state index contributed by atoms with van der Waals surface area (Å²) in [5.74, 6) is 3.84. The molecule has 0 aliphatic heterocycles. The zero-order chi connectivity index (χ0) is 22.3. The van der Waals surface area contributed by atoms with E-state index in [1.165, 1.54) is 4.68 Å². The van der Waals surface area contributed by atoms with Crippen molar-refractivity contribution in [2.45, 2.75) is 32.4 Å². The summed E-state index contributed by atoms with van der Waals surface area (Å²) in [6.07, 6.45) is 9.04. The van der Waals surface area contributed by atoms with Crippen molar-refractivity contribution in [1.29, 1.82) is 0 Å². The molecular formula is C24H23N7O. The number of aromatic nitrogens is 7. The van der Waals surface area contributed by atoms with Gasteiger partial charge < -0.3 is 0 Å². The molecule has 4 rings (SSSR count). The van der Waals surface area contributed by atoms with Crippen molar-refractivity contribution in [3.63, 3.8) is 0 Å². The van der Waals surface area contributed by atoms with Gasteiger partial charge in [0.25, 0.3) is 0 Å². The monoisotopic (exact) mass is 425 g/mol. The van der Waals surface area contributed by atoms with E-state index < -0.39 is 0 Å². The van der Waals surface area contributed by atoms with Crippen molar-refractivity contribution < 1.29 is 0 Å². The molecule has 2 heterocycles. The second kappa shape index (κ2) is 9.71. The Balaban J connectivity index is 1.62. The predicted molar refractivity (Wildman–Crippen MR) is 123 cm³/mol. The van der Waals surface area contributed by atoms with Gasteiger partial charge in [-0.3, -0.25) is 4.57 Å². The van der Waals surface area contributed by atoms with E-state index in [9.17, 15) is 4.79 Å². The molecule has 0 unspecified atom stereocenters. The van der Waals surface area contributed by atoms with E-state index in [2.05, 4.69) is 38.2 Å². The molecule has 160 valence electrons. The first-order valence-electron chi connectivity index (χ1n) is 10.3. The van der Waals surface area contributed by atoms with Gasteiger partial charge in [-0.1, -0.05) is 54.6 Å². The lowest BCUT2D eigenvalue weighted by Crippen LogP contribution is -2.26. The molecule has 0 spiro atoms. The number of aryl methyl sites for hydroxylation is 2. The van der Waals surface area contributed by atoms with E-state index in [0.717, 1.165) is 34.5 Å². The molecule has 0 amide bonds. The fraction of sp³-hybridized carbons (Fsp3) is 0.208. The molecule has 0 atom stereocenters. The van der Waals surface area contributed by atoms with E-state index in [4.69, 9.17) is 6.42 Å². The zero-order valence-corrected chi connectivity index (χ0v) is 17.6. The third-order valence-electron chi connectivity index (χ3n) is 5.16. The number of aromatic amines is 1. The highest BCUT2D eigenvalue weighted by atomic mass is 16.2. The molecule has 4 aromatic rings. The number of benzene rings is 2. The molecule has 2 aromatic carbocycles. The lowest BCUT2D eigenvalue weighted by molar-refractivity contribution is 0.591. The van der Waals surface area contributed by atoms with E-state index in [0.29, 0.717) is 31.8 Å². The van der Waals surface area contributed by atoms with Gasteiger partial charge in [-0.2, -0.15) is 10.3 Å². The lowest BCUT2D eigenvalue weighted by atomic mass is 9.98. The maximum Gasteiger partial charge on any atom is 0.346 e. The molecule has 0 saturated carbocycles. The number of hydrogen-bond acceptors (Lipinski definition) is 5. The van der Waals surface area contributed by atoms with Crippen LogP contribution >= 0.6 is 0 Å². The standard InChI is InChI=1S/C24H23N7O/c1-3-5-11-22-27-31(16-6-4-2)24(32)30(22)17-18-12-14-19(15-13-18)20-9-7-8-10-21(20)23-25-28-29-26-23/h2-3,7-10,12-15H,1,5-6,11,16-17H2,(H,25,26,28,29). The Labute approximate surface area is 185 Å². The summed E-state index contributed by atoms with van der Waals surface area (Å²) in [5.41, 5.74) is 3.78. The van der Waals surface area contributed by atoms with Crippen molar-refractivity contribution in [2.75, 3.05) is 0 Å². The largest absolute Gasteiger partial charge is 0.346 e. The fourth-order valence-electron chi connectivity index (χ4n) is 3.55. The molecule has 0 radical (unpaired) electrons. The van der Waals surface area contributed by atoms with Gasteiger partial charge in [0.1, 0.15) is 5.82 Å². The second-order valence-corrected chi connectivity index (χ2v) is 7.27. The topological polar surface area (TPSA) is 94.3 Å². The average molecular weight is 425 g/mol. The van der Waals surface area contributed by atoms with Gasteiger partial charge in [-0.15, -0.1) is 29.1 Å². The number of H-pyrrole nitrogens is 1. The number of hydrogen-bond donors (Lipinski definition) is 1. The second-order valence-electron chi connectivity index (χ2n) is 7.27. The van der Waals surface area contributed by atoms with Crippen LogP contribution in [0.1, 0.15) is 24.2 Å². The molecule has 0 saturated heterocycles. The number of nitrogens with zero attached hydrogens (tertiary/aromatic N) is 6.